The van der Waals surface area contributed by atoms with Gasteiger partial charge in [0.05, 0.1) is 12.0 Å². The Kier molecular flexibility index (Phi) is 5.30. The monoisotopic (exact) mass is 376 g/mol. The van der Waals surface area contributed by atoms with Crippen LogP contribution >= 0.6 is 39.1 Å². The van der Waals surface area contributed by atoms with Crippen molar-refractivity contribution in [3.05, 3.63) is 62.8 Å². The highest BCUT2D eigenvalue weighted by atomic mass is 79.9. The van der Waals surface area contributed by atoms with Crippen molar-refractivity contribution in [3.63, 3.8) is 0 Å². The van der Waals surface area contributed by atoms with Crippen LogP contribution < -0.4 is 4.74 Å². The lowest BCUT2D eigenvalue weighted by atomic mass is 10.0. The zero-order chi connectivity index (χ0) is 14.7. The number of alkyl halides is 1. The Morgan fingerprint density at radius 1 is 1.20 bits per heavy atom. The van der Waals surface area contributed by atoms with Crippen LogP contribution in [0.1, 0.15) is 23.4 Å². The molecule has 106 valence electrons. The molecule has 0 fully saturated rings. The maximum absolute atomic E-state index is 13.9. The van der Waals surface area contributed by atoms with Crippen LogP contribution in [0.3, 0.4) is 0 Å². The molecule has 2 rings (SSSR count). The summed E-state index contributed by atoms with van der Waals surface area (Å²) in [6, 6.07) is 9.79. The molecule has 0 aliphatic heterocycles. The average molecular weight is 378 g/mol. The maximum atomic E-state index is 13.9. The molecular formula is C15H12BrCl2FO. The van der Waals surface area contributed by atoms with Crippen molar-refractivity contribution in [3.8, 4) is 5.75 Å². The summed E-state index contributed by atoms with van der Waals surface area (Å²) in [5, 5.41) is -0.173. The van der Waals surface area contributed by atoms with Crippen LogP contribution in [0.15, 0.2) is 40.9 Å². The van der Waals surface area contributed by atoms with Crippen molar-refractivity contribution in [1.29, 1.82) is 0 Å². The molecule has 0 bridgehead atoms. The highest BCUT2D eigenvalue weighted by Gasteiger charge is 2.18. The summed E-state index contributed by atoms with van der Waals surface area (Å²) >= 11 is 15.7. The van der Waals surface area contributed by atoms with Gasteiger partial charge < -0.3 is 4.74 Å². The molecule has 5 heteroatoms. The van der Waals surface area contributed by atoms with E-state index in [1.54, 1.807) is 6.07 Å². The molecule has 0 N–H and O–H groups in total. The maximum Gasteiger partial charge on any atom is 0.128 e. The predicted octanol–water partition coefficient (Wildman–Crippen LogP) is 5.97. The molecule has 20 heavy (non-hydrogen) atoms. The second kappa shape index (κ2) is 6.79. The van der Waals surface area contributed by atoms with Gasteiger partial charge in [0.15, 0.2) is 0 Å². The van der Waals surface area contributed by atoms with E-state index in [0.29, 0.717) is 17.2 Å². The van der Waals surface area contributed by atoms with Crippen LogP contribution in [-0.2, 0) is 0 Å². The first-order valence-electron chi connectivity index (χ1n) is 6.04. The highest BCUT2D eigenvalue weighted by Crippen LogP contribution is 2.37. The molecule has 0 amide bonds. The van der Waals surface area contributed by atoms with E-state index in [1.165, 1.54) is 18.2 Å². The summed E-state index contributed by atoms with van der Waals surface area (Å²) in [5.41, 5.74) is 1.11. The van der Waals surface area contributed by atoms with Crippen LogP contribution in [0.5, 0.6) is 5.75 Å². The van der Waals surface area contributed by atoms with Crippen molar-refractivity contribution < 1.29 is 9.13 Å². The van der Waals surface area contributed by atoms with Gasteiger partial charge in [0, 0.05) is 15.1 Å². The van der Waals surface area contributed by atoms with Gasteiger partial charge >= 0.3 is 0 Å². The Morgan fingerprint density at radius 2 is 1.95 bits per heavy atom. The van der Waals surface area contributed by atoms with Crippen molar-refractivity contribution in [1.82, 2.24) is 0 Å². The molecule has 1 atom stereocenters. The lowest BCUT2D eigenvalue weighted by molar-refractivity contribution is 0.340. The third-order valence-corrected chi connectivity index (χ3v) is 4.18. The van der Waals surface area contributed by atoms with E-state index in [4.69, 9.17) is 27.9 Å². The zero-order valence-corrected chi connectivity index (χ0v) is 13.8. The van der Waals surface area contributed by atoms with E-state index < -0.39 is 5.38 Å². The van der Waals surface area contributed by atoms with E-state index in [-0.39, 0.29) is 5.82 Å². The molecule has 1 nitrogen and oxygen atoms in total. The van der Waals surface area contributed by atoms with Crippen molar-refractivity contribution in [2.75, 3.05) is 6.61 Å². The Hall–Kier alpha value is -0.770. The highest BCUT2D eigenvalue weighted by molar-refractivity contribution is 9.10. The minimum Gasteiger partial charge on any atom is -0.494 e. The number of hydrogen-bond acceptors (Lipinski definition) is 1. The summed E-state index contributed by atoms with van der Waals surface area (Å²) in [7, 11) is 0. The molecule has 0 saturated carbocycles. The van der Waals surface area contributed by atoms with Crippen LogP contribution in [0.4, 0.5) is 4.39 Å². The smallest absolute Gasteiger partial charge is 0.128 e. The Morgan fingerprint density at radius 3 is 2.60 bits per heavy atom. The number of ether oxygens (including phenoxy) is 1. The molecule has 0 aliphatic carbocycles. The normalized spacial score (nSPS) is 12.2. The van der Waals surface area contributed by atoms with Gasteiger partial charge in [-0.3, -0.25) is 0 Å². The number of benzene rings is 2. The molecule has 0 aromatic heterocycles. The molecule has 0 heterocycles. The quantitative estimate of drug-likeness (QED) is 0.596. The molecule has 0 aliphatic rings. The van der Waals surface area contributed by atoms with Crippen LogP contribution in [-0.4, -0.2) is 6.61 Å². The molecule has 0 radical (unpaired) electrons. The zero-order valence-electron chi connectivity index (χ0n) is 10.7. The van der Waals surface area contributed by atoms with Crippen LogP contribution in [0.25, 0.3) is 0 Å². The van der Waals surface area contributed by atoms with Gasteiger partial charge in [-0.05, 0) is 42.8 Å². The first-order chi connectivity index (χ1) is 9.52. The molecule has 0 saturated heterocycles. The summed E-state index contributed by atoms with van der Waals surface area (Å²) in [4.78, 5) is 0. The lowest BCUT2D eigenvalue weighted by Crippen LogP contribution is -1.99. The lowest BCUT2D eigenvalue weighted by Gasteiger charge is -2.14. The van der Waals surface area contributed by atoms with Gasteiger partial charge in [0.25, 0.3) is 0 Å². The second-order valence-corrected chi connectivity index (χ2v) is 5.87. The van der Waals surface area contributed by atoms with Gasteiger partial charge in [-0.15, -0.1) is 11.6 Å². The molecule has 2 aromatic carbocycles. The molecule has 1 unspecified atom stereocenters. The minimum absolute atomic E-state index is 0.351. The van der Waals surface area contributed by atoms with Gasteiger partial charge in [0.2, 0.25) is 0 Å². The SMILES string of the molecule is CCOc1ccc(C(Cl)c2cc(Cl)ccc2F)c(Br)c1. The summed E-state index contributed by atoms with van der Waals surface area (Å²) in [6.45, 7) is 2.49. The topological polar surface area (TPSA) is 9.23 Å². The van der Waals surface area contributed by atoms with Gasteiger partial charge in [-0.1, -0.05) is 33.6 Å². The van der Waals surface area contributed by atoms with E-state index in [9.17, 15) is 4.39 Å². The van der Waals surface area contributed by atoms with Crippen molar-refractivity contribution >= 4 is 39.1 Å². The molecule has 2 aromatic rings. The van der Waals surface area contributed by atoms with E-state index in [1.807, 2.05) is 19.1 Å². The van der Waals surface area contributed by atoms with Gasteiger partial charge in [-0.25, -0.2) is 4.39 Å². The molecular weight excluding hydrogens is 366 g/mol. The standard InChI is InChI=1S/C15H12BrCl2FO/c1-2-20-10-4-5-11(13(16)8-10)15(18)12-7-9(17)3-6-14(12)19/h3-8,15H,2H2,1H3. The average Bonchev–Trinajstić information content (AvgIpc) is 2.41. The van der Waals surface area contributed by atoms with E-state index in [2.05, 4.69) is 15.9 Å². The number of halogens is 4. The third-order valence-electron chi connectivity index (χ3n) is 2.79. The predicted molar refractivity (Wildman–Crippen MR) is 84.4 cm³/mol. The van der Waals surface area contributed by atoms with Crippen molar-refractivity contribution in [2.45, 2.75) is 12.3 Å². The fraction of sp³-hybridized carbons (Fsp3) is 0.200. The summed E-state index contributed by atoms with van der Waals surface area (Å²) < 4.78 is 20.0. The van der Waals surface area contributed by atoms with Crippen molar-refractivity contribution in [2.24, 2.45) is 0 Å². The molecule has 0 spiro atoms. The second-order valence-electron chi connectivity index (χ2n) is 4.14. The van der Waals surface area contributed by atoms with Crippen LogP contribution in [0, 0.1) is 5.82 Å². The van der Waals surface area contributed by atoms with Crippen LogP contribution in [0.2, 0.25) is 5.02 Å². The Bertz CT molecular complexity index is 619. The fourth-order valence-electron chi connectivity index (χ4n) is 1.85. The summed E-state index contributed by atoms with van der Waals surface area (Å²) in [6.07, 6.45) is 0. The third kappa shape index (κ3) is 3.46. The first kappa shape index (κ1) is 15.6. The van der Waals surface area contributed by atoms with Gasteiger partial charge in [-0.2, -0.15) is 0 Å². The Balaban J connectivity index is 2.38. The largest absolute Gasteiger partial charge is 0.494 e. The van der Waals surface area contributed by atoms with E-state index >= 15 is 0 Å². The van der Waals surface area contributed by atoms with E-state index in [0.717, 1.165) is 15.8 Å². The minimum atomic E-state index is -0.626. The summed E-state index contributed by atoms with van der Waals surface area (Å²) in [5.74, 6) is 0.355. The number of hydrogen-bond donors (Lipinski definition) is 0. The fourth-order valence-corrected chi connectivity index (χ4v) is 3.10. The Labute approximate surface area is 135 Å². The number of rotatable bonds is 4. The van der Waals surface area contributed by atoms with Gasteiger partial charge in [0.1, 0.15) is 11.6 Å². The first-order valence-corrected chi connectivity index (χ1v) is 7.65.